The fourth-order valence-corrected chi connectivity index (χ4v) is 6.63. The maximum atomic E-state index is 12.7. The summed E-state index contributed by atoms with van der Waals surface area (Å²) in [5.41, 5.74) is 0. The first-order valence-corrected chi connectivity index (χ1v) is 25.1. The third-order valence-corrected chi connectivity index (χ3v) is 10.4. The second kappa shape index (κ2) is 50.4. The van der Waals surface area contributed by atoms with Crippen LogP contribution in [0.2, 0.25) is 0 Å². The van der Waals surface area contributed by atoms with E-state index < -0.39 is 6.10 Å². The Morgan fingerprint density at radius 1 is 0.383 bits per heavy atom. The largest absolute Gasteiger partial charge is 0.462 e. The molecule has 0 aromatic heterocycles. The van der Waals surface area contributed by atoms with E-state index >= 15 is 0 Å². The maximum Gasteiger partial charge on any atom is 0.306 e. The molecule has 0 aromatic carbocycles. The number of ether oxygens (including phenoxy) is 3. The number of esters is 2. The minimum Gasteiger partial charge on any atom is -0.462 e. The molecule has 344 valence electrons. The lowest BCUT2D eigenvalue weighted by Gasteiger charge is -2.18. The summed E-state index contributed by atoms with van der Waals surface area (Å²) in [6.45, 7) is 7.56. The van der Waals surface area contributed by atoms with Crippen LogP contribution in [0.4, 0.5) is 0 Å². The monoisotopic (exact) mass is 835 g/mol. The van der Waals surface area contributed by atoms with E-state index in [0.717, 1.165) is 103 Å². The normalized spacial score (nSPS) is 12.9. The van der Waals surface area contributed by atoms with Gasteiger partial charge < -0.3 is 14.2 Å². The number of hydrogen-bond donors (Lipinski definition) is 0. The van der Waals surface area contributed by atoms with Gasteiger partial charge in [-0.25, -0.2) is 0 Å². The summed E-state index contributed by atoms with van der Waals surface area (Å²) < 4.78 is 17.3. The third-order valence-electron chi connectivity index (χ3n) is 10.4. The van der Waals surface area contributed by atoms with Crippen molar-refractivity contribution in [1.82, 2.24) is 0 Å². The van der Waals surface area contributed by atoms with Crippen LogP contribution in [0.1, 0.15) is 226 Å². The maximum absolute atomic E-state index is 12.7. The number of carbonyl (C=O) groups excluding carboxylic acids is 2. The van der Waals surface area contributed by atoms with Gasteiger partial charge in [0.25, 0.3) is 0 Å². The second-order valence-electron chi connectivity index (χ2n) is 16.3. The zero-order valence-electron chi connectivity index (χ0n) is 39.5. The van der Waals surface area contributed by atoms with Crippen LogP contribution in [0.25, 0.3) is 0 Å². The van der Waals surface area contributed by atoms with Crippen LogP contribution in [0.15, 0.2) is 85.1 Å². The van der Waals surface area contributed by atoms with E-state index in [-0.39, 0.29) is 25.2 Å². The molecule has 0 aliphatic carbocycles. The molecule has 0 saturated heterocycles. The molecule has 0 fully saturated rings. The van der Waals surface area contributed by atoms with E-state index in [1.807, 2.05) is 0 Å². The number of rotatable bonds is 45. The van der Waals surface area contributed by atoms with Crippen molar-refractivity contribution in [3.63, 3.8) is 0 Å². The van der Waals surface area contributed by atoms with Gasteiger partial charge in [-0.05, 0) is 109 Å². The van der Waals surface area contributed by atoms with Crippen LogP contribution in [-0.2, 0) is 23.8 Å². The third kappa shape index (κ3) is 47.8. The van der Waals surface area contributed by atoms with Gasteiger partial charge in [-0.1, -0.05) is 189 Å². The average molecular weight is 835 g/mol. The van der Waals surface area contributed by atoms with Crippen molar-refractivity contribution in [3.8, 4) is 0 Å². The van der Waals surface area contributed by atoms with Crippen LogP contribution < -0.4 is 0 Å². The number of allylic oxidation sites excluding steroid dienone is 14. The molecule has 0 aliphatic rings. The Bertz CT molecular complexity index is 1130. The molecule has 0 rings (SSSR count). The van der Waals surface area contributed by atoms with Gasteiger partial charge in [0.15, 0.2) is 6.10 Å². The molecule has 0 heterocycles. The molecular weight excluding hydrogens is 741 g/mol. The van der Waals surface area contributed by atoms with Crippen LogP contribution in [0.3, 0.4) is 0 Å². The number of carbonyl (C=O) groups is 2. The molecule has 5 heteroatoms. The highest BCUT2D eigenvalue weighted by atomic mass is 16.6. The summed E-state index contributed by atoms with van der Waals surface area (Å²) in [4.78, 5) is 25.3. The second-order valence-corrected chi connectivity index (χ2v) is 16.3. The molecular formula is C55H94O5. The van der Waals surface area contributed by atoms with Gasteiger partial charge in [0.05, 0.1) is 6.61 Å². The zero-order valence-corrected chi connectivity index (χ0v) is 39.5. The van der Waals surface area contributed by atoms with E-state index in [9.17, 15) is 9.59 Å². The summed E-state index contributed by atoms with van der Waals surface area (Å²) in [5, 5.41) is 0. The first kappa shape index (κ1) is 57.1. The predicted octanol–water partition coefficient (Wildman–Crippen LogP) is 16.9. The Balaban J connectivity index is 4.32. The Kier molecular flexibility index (Phi) is 48.0. The summed E-state index contributed by atoms with van der Waals surface area (Å²) >= 11 is 0. The lowest BCUT2D eigenvalue weighted by Crippen LogP contribution is -2.30. The lowest BCUT2D eigenvalue weighted by molar-refractivity contribution is -0.163. The van der Waals surface area contributed by atoms with Crippen LogP contribution in [0, 0.1) is 0 Å². The molecule has 60 heavy (non-hydrogen) atoms. The van der Waals surface area contributed by atoms with E-state index in [1.165, 1.54) is 89.9 Å². The summed E-state index contributed by atoms with van der Waals surface area (Å²) in [7, 11) is 0. The van der Waals surface area contributed by atoms with Crippen LogP contribution in [0.5, 0.6) is 0 Å². The molecule has 0 bridgehead atoms. The average Bonchev–Trinajstić information content (AvgIpc) is 3.25. The van der Waals surface area contributed by atoms with Gasteiger partial charge >= 0.3 is 11.9 Å². The van der Waals surface area contributed by atoms with Gasteiger partial charge in [0.2, 0.25) is 0 Å². The topological polar surface area (TPSA) is 61.8 Å². The lowest BCUT2D eigenvalue weighted by atomic mass is 10.1. The Labute approximate surface area is 371 Å². The molecule has 0 amide bonds. The summed E-state index contributed by atoms with van der Waals surface area (Å²) in [6.07, 6.45) is 65.9. The smallest absolute Gasteiger partial charge is 0.306 e. The molecule has 0 saturated carbocycles. The Hall–Kier alpha value is -2.92. The van der Waals surface area contributed by atoms with Gasteiger partial charge in [0, 0.05) is 19.4 Å². The van der Waals surface area contributed by atoms with Crippen molar-refractivity contribution < 1.29 is 23.8 Å². The van der Waals surface area contributed by atoms with Gasteiger partial charge in [-0.15, -0.1) is 0 Å². The highest BCUT2D eigenvalue weighted by Gasteiger charge is 2.17. The summed E-state index contributed by atoms with van der Waals surface area (Å²) in [6, 6.07) is 0. The van der Waals surface area contributed by atoms with Gasteiger partial charge in [-0.2, -0.15) is 0 Å². The molecule has 1 atom stereocenters. The Morgan fingerprint density at radius 2 is 0.767 bits per heavy atom. The quantitative estimate of drug-likeness (QED) is 0.0347. The highest BCUT2D eigenvalue weighted by Crippen LogP contribution is 2.13. The van der Waals surface area contributed by atoms with Gasteiger partial charge in [0.1, 0.15) is 6.61 Å². The summed E-state index contributed by atoms with van der Waals surface area (Å²) in [5.74, 6) is -0.438. The van der Waals surface area contributed by atoms with E-state index in [1.54, 1.807) is 0 Å². The van der Waals surface area contributed by atoms with E-state index in [4.69, 9.17) is 14.2 Å². The SMILES string of the molecule is CC/C=C\C/C=C\C/C=C\C/C=C\CCCCCOCC(COC(=O)CCCCCCCCC/C=C\C/C=C\CCCCC)OC(=O)CCCCCCC/C=C\CCCC. The molecule has 0 aliphatic heterocycles. The first-order valence-electron chi connectivity index (χ1n) is 25.1. The fourth-order valence-electron chi connectivity index (χ4n) is 6.63. The standard InChI is InChI=1S/C55H94O5/c1-4-7-10-13-16-19-22-24-26-28-29-31-34-36-39-42-45-48-54(56)59-52-53(60-55(57)49-46-43-40-37-33-21-18-15-12-9-6-3)51-58-50-47-44-41-38-35-32-30-27-25-23-20-17-14-11-8-5-2/h8,11,15-20,24-27,32,35,53H,4-7,9-10,12-14,21-23,28-31,33-34,36-52H2,1-3H3/b11-8-,18-15-,19-16-,20-17-,26-24-,27-25-,35-32-. The molecule has 0 spiro atoms. The minimum atomic E-state index is -0.563. The van der Waals surface area contributed by atoms with Crippen LogP contribution in [-0.4, -0.2) is 37.9 Å². The van der Waals surface area contributed by atoms with Crippen molar-refractivity contribution in [3.05, 3.63) is 85.1 Å². The number of unbranched alkanes of at least 4 members (excludes halogenated alkanes) is 20. The zero-order chi connectivity index (χ0) is 43.5. The Morgan fingerprint density at radius 3 is 1.27 bits per heavy atom. The first-order chi connectivity index (χ1) is 29.6. The van der Waals surface area contributed by atoms with Crippen molar-refractivity contribution in [2.24, 2.45) is 0 Å². The molecule has 0 radical (unpaired) electrons. The predicted molar refractivity (Wildman–Crippen MR) is 260 cm³/mol. The van der Waals surface area contributed by atoms with Crippen molar-refractivity contribution in [2.45, 2.75) is 232 Å². The molecule has 1 unspecified atom stereocenters. The van der Waals surface area contributed by atoms with Crippen LogP contribution >= 0.6 is 0 Å². The molecule has 0 aromatic rings. The van der Waals surface area contributed by atoms with Gasteiger partial charge in [-0.3, -0.25) is 9.59 Å². The van der Waals surface area contributed by atoms with E-state index in [2.05, 4.69) is 106 Å². The van der Waals surface area contributed by atoms with E-state index in [0.29, 0.717) is 19.4 Å². The van der Waals surface area contributed by atoms with Crippen molar-refractivity contribution >= 4 is 11.9 Å². The molecule has 5 nitrogen and oxygen atoms in total. The van der Waals surface area contributed by atoms with Crippen molar-refractivity contribution in [2.75, 3.05) is 19.8 Å². The fraction of sp³-hybridized carbons (Fsp3) is 0.709. The number of hydrogen-bond acceptors (Lipinski definition) is 5. The minimum absolute atomic E-state index is 0.0614. The highest BCUT2D eigenvalue weighted by molar-refractivity contribution is 5.70. The van der Waals surface area contributed by atoms with Crippen molar-refractivity contribution in [1.29, 1.82) is 0 Å². The molecule has 0 N–H and O–H groups in total.